The van der Waals surface area contributed by atoms with Crippen molar-refractivity contribution in [1.82, 2.24) is 0 Å². The van der Waals surface area contributed by atoms with E-state index in [1.54, 1.807) is 0 Å². The van der Waals surface area contributed by atoms with Crippen LogP contribution in [0, 0.1) is 0 Å². The van der Waals surface area contributed by atoms with Crippen molar-refractivity contribution < 1.29 is 15.0 Å². The number of aliphatic carboxylic acids is 1. The Bertz CT molecular complexity index is 81.5. The monoisotopic (exact) mass is 300 g/mol. The second kappa shape index (κ2) is 8.78. The number of hydrogen-bond acceptors (Lipinski definition) is 3. The summed E-state index contributed by atoms with van der Waals surface area (Å²) in [4.78, 5) is 9.65. The number of hydrogen-bond donors (Lipinski definition) is 3. The number of aliphatic hydroxyl groups is 1. The molecule has 4 N–H and O–H groups in total. The summed E-state index contributed by atoms with van der Waals surface area (Å²) in [7, 11) is 0. The van der Waals surface area contributed by atoms with Crippen LogP contribution in [0.2, 0.25) is 0 Å². The molecule has 6 heteroatoms. The molecule has 5 radical (unpaired) electrons. The van der Waals surface area contributed by atoms with Crippen molar-refractivity contribution in [3.63, 3.8) is 0 Å². The standard InChI is InChI=1S/C3H7NO3.In.Se/c4-2(1-5)3(6)7;;/h2,5H,1,4H2,(H,6,7);;/t2-;;/m0../s1. The van der Waals surface area contributed by atoms with Gasteiger partial charge in [-0.05, 0) is 0 Å². The van der Waals surface area contributed by atoms with E-state index in [2.05, 4.69) is 0 Å². The zero-order chi connectivity index (χ0) is 5.86. The first kappa shape index (κ1) is 16.4. The Hall–Kier alpha value is 0.780. The molecule has 0 spiro atoms. The van der Waals surface area contributed by atoms with Gasteiger partial charge < -0.3 is 15.9 Å². The zero-order valence-corrected chi connectivity index (χ0v) is 9.66. The van der Waals surface area contributed by atoms with Gasteiger partial charge in [-0.2, -0.15) is 0 Å². The SMILES string of the molecule is N[C@@H](CO)C(=O)O.[In].[Se]. The first-order chi connectivity index (χ1) is 3.18. The summed E-state index contributed by atoms with van der Waals surface area (Å²) >= 11 is 0. The van der Waals surface area contributed by atoms with E-state index in [-0.39, 0.29) is 42.9 Å². The molecule has 0 aliphatic carbocycles. The molecule has 0 unspecified atom stereocenters. The summed E-state index contributed by atoms with van der Waals surface area (Å²) in [5.41, 5.74) is 4.77. The van der Waals surface area contributed by atoms with Crippen LogP contribution in [-0.4, -0.2) is 71.7 Å². The van der Waals surface area contributed by atoms with Gasteiger partial charge in [0.1, 0.15) is 6.04 Å². The Morgan fingerprint density at radius 2 is 2.00 bits per heavy atom. The second-order valence-corrected chi connectivity index (χ2v) is 1.13. The van der Waals surface area contributed by atoms with Gasteiger partial charge in [0.25, 0.3) is 0 Å². The molecule has 0 saturated carbocycles. The average Bonchev–Trinajstić information content (AvgIpc) is 1.65. The number of nitrogens with two attached hydrogens (primary N) is 1. The first-order valence-electron chi connectivity index (χ1n) is 1.77. The molecule has 0 fully saturated rings. The molecule has 1 atom stereocenters. The number of rotatable bonds is 2. The van der Waals surface area contributed by atoms with Crippen molar-refractivity contribution in [2.75, 3.05) is 6.61 Å². The van der Waals surface area contributed by atoms with Gasteiger partial charge in [-0.1, -0.05) is 0 Å². The molecule has 0 amide bonds. The smallest absolute Gasteiger partial charge is 0.322 e. The van der Waals surface area contributed by atoms with Crippen LogP contribution in [0.5, 0.6) is 0 Å². The summed E-state index contributed by atoms with van der Waals surface area (Å²) in [6, 6.07) is -1.13. The fourth-order valence-corrected chi connectivity index (χ4v) is 0.0781. The molecule has 0 aromatic rings. The van der Waals surface area contributed by atoms with Gasteiger partial charge in [-0.3, -0.25) is 4.79 Å². The number of aliphatic hydroxyl groups excluding tert-OH is 1. The van der Waals surface area contributed by atoms with Crippen LogP contribution in [-0.2, 0) is 4.79 Å². The Morgan fingerprint density at radius 1 is 1.67 bits per heavy atom. The van der Waals surface area contributed by atoms with Crippen LogP contribution < -0.4 is 5.73 Å². The number of carboxylic acids is 1. The van der Waals surface area contributed by atoms with Crippen molar-refractivity contribution in [2.24, 2.45) is 5.73 Å². The van der Waals surface area contributed by atoms with Crippen molar-refractivity contribution in [3.8, 4) is 0 Å². The molecular formula is C3H7InNO3Se. The molecule has 0 aromatic heterocycles. The minimum Gasteiger partial charge on any atom is -0.480 e. The molecule has 51 valence electrons. The van der Waals surface area contributed by atoms with E-state index in [9.17, 15) is 4.79 Å². The molecule has 0 heterocycles. The molecule has 9 heavy (non-hydrogen) atoms. The summed E-state index contributed by atoms with van der Waals surface area (Å²) in [6.45, 7) is -0.505. The fraction of sp³-hybridized carbons (Fsp3) is 0.667. The Morgan fingerprint density at radius 3 is 2.00 bits per heavy atom. The molecule has 0 rings (SSSR count). The molecule has 0 bridgehead atoms. The summed E-state index contributed by atoms with van der Waals surface area (Å²) < 4.78 is 0. The molecular weight excluding hydrogens is 292 g/mol. The summed E-state index contributed by atoms with van der Waals surface area (Å²) in [5, 5.41) is 15.9. The average molecular weight is 299 g/mol. The van der Waals surface area contributed by atoms with Gasteiger partial charge in [0.15, 0.2) is 0 Å². The van der Waals surface area contributed by atoms with Crippen LogP contribution in [0.4, 0.5) is 0 Å². The van der Waals surface area contributed by atoms with Gasteiger partial charge in [0.05, 0.1) is 6.61 Å². The van der Waals surface area contributed by atoms with Gasteiger partial charge in [0, 0.05) is 42.9 Å². The van der Waals surface area contributed by atoms with Crippen LogP contribution >= 0.6 is 0 Å². The van der Waals surface area contributed by atoms with Crippen LogP contribution in [0.25, 0.3) is 0 Å². The Kier molecular flexibility index (Phi) is 16.0. The molecule has 0 aromatic carbocycles. The fourth-order valence-electron chi connectivity index (χ4n) is 0.0781. The van der Waals surface area contributed by atoms with E-state index in [0.717, 1.165) is 0 Å². The predicted molar refractivity (Wildman–Crippen MR) is 34.2 cm³/mol. The largest absolute Gasteiger partial charge is 0.480 e. The molecule has 0 aliphatic heterocycles. The predicted octanol–water partition coefficient (Wildman–Crippen LogP) is -2.37. The van der Waals surface area contributed by atoms with E-state index in [4.69, 9.17) is 15.9 Å². The molecule has 4 nitrogen and oxygen atoms in total. The maximum absolute atomic E-state index is 9.65. The van der Waals surface area contributed by atoms with Crippen molar-refractivity contribution in [1.29, 1.82) is 0 Å². The molecule has 0 saturated heterocycles. The van der Waals surface area contributed by atoms with E-state index in [1.165, 1.54) is 0 Å². The van der Waals surface area contributed by atoms with E-state index >= 15 is 0 Å². The van der Waals surface area contributed by atoms with E-state index < -0.39 is 18.6 Å². The number of carbonyl (C=O) groups is 1. The van der Waals surface area contributed by atoms with Gasteiger partial charge in [-0.25, -0.2) is 0 Å². The minimum absolute atomic E-state index is 0. The van der Waals surface area contributed by atoms with Gasteiger partial charge >= 0.3 is 5.97 Å². The Balaban J connectivity index is -0.000000180. The number of carboxylic acid groups (broad SMARTS) is 1. The minimum atomic E-state index is -1.18. The summed E-state index contributed by atoms with van der Waals surface area (Å²) in [5.74, 6) is -1.18. The normalized spacial score (nSPS) is 10.4. The third-order valence-electron chi connectivity index (χ3n) is 0.514. The van der Waals surface area contributed by atoms with Crippen molar-refractivity contribution in [2.45, 2.75) is 6.04 Å². The third-order valence-corrected chi connectivity index (χ3v) is 0.514. The second-order valence-electron chi connectivity index (χ2n) is 1.13. The van der Waals surface area contributed by atoms with E-state index in [1.807, 2.05) is 0 Å². The maximum Gasteiger partial charge on any atom is 0.322 e. The van der Waals surface area contributed by atoms with Crippen molar-refractivity contribution in [3.05, 3.63) is 0 Å². The van der Waals surface area contributed by atoms with Crippen molar-refractivity contribution >= 4 is 48.9 Å². The van der Waals surface area contributed by atoms with E-state index in [0.29, 0.717) is 0 Å². The zero-order valence-electron chi connectivity index (χ0n) is 4.65. The van der Waals surface area contributed by atoms with Crippen LogP contribution in [0.15, 0.2) is 0 Å². The first-order valence-corrected chi connectivity index (χ1v) is 1.77. The van der Waals surface area contributed by atoms with Crippen LogP contribution in [0.1, 0.15) is 0 Å². The topological polar surface area (TPSA) is 83.5 Å². The quantitative estimate of drug-likeness (QED) is 0.498. The maximum atomic E-state index is 9.65. The summed E-state index contributed by atoms with van der Waals surface area (Å²) in [6.07, 6.45) is 0. The van der Waals surface area contributed by atoms with Gasteiger partial charge in [-0.15, -0.1) is 0 Å². The van der Waals surface area contributed by atoms with Crippen LogP contribution in [0.3, 0.4) is 0 Å². The van der Waals surface area contributed by atoms with Gasteiger partial charge in [0.2, 0.25) is 0 Å². The Labute approximate surface area is 82.1 Å². The molecule has 0 aliphatic rings. The third kappa shape index (κ3) is 8.78.